The Labute approximate surface area is 101 Å². The minimum absolute atomic E-state index is 0.154. The highest BCUT2D eigenvalue weighted by Gasteiger charge is 2.08. The van der Waals surface area contributed by atoms with E-state index in [0.29, 0.717) is 11.3 Å². The summed E-state index contributed by atoms with van der Waals surface area (Å²) in [7, 11) is 0. The van der Waals surface area contributed by atoms with Gasteiger partial charge in [0.1, 0.15) is 11.5 Å². The topological polar surface area (TPSA) is 76.2 Å². The summed E-state index contributed by atoms with van der Waals surface area (Å²) in [5, 5.41) is 9.22. The molecule has 1 N–H and O–H groups in total. The molecular formula is C13H8N2O3. The summed E-state index contributed by atoms with van der Waals surface area (Å²) in [6.45, 7) is 0. The Balaban J connectivity index is 2.24. The number of rotatable bonds is 1. The number of nitrogens with zero attached hydrogens (tertiary/aromatic N) is 2. The number of aromatic hydroxyl groups is 1. The van der Waals surface area contributed by atoms with Crippen molar-refractivity contribution in [3.8, 4) is 17.1 Å². The normalized spacial score (nSPS) is 10.7. The van der Waals surface area contributed by atoms with Crippen LogP contribution in [-0.2, 0) is 0 Å². The fourth-order valence-corrected chi connectivity index (χ4v) is 1.66. The van der Waals surface area contributed by atoms with E-state index in [9.17, 15) is 9.90 Å². The van der Waals surface area contributed by atoms with Crippen molar-refractivity contribution in [2.75, 3.05) is 0 Å². The van der Waals surface area contributed by atoms with Gasteiger partial charge < -0.3 is 9.52 Å². The van der Waals surface area contributed by atoms with E-state index in [4.69, 9.17) is 4.42 Å². The molecule has 0 saturated carbocycles. The largest absolute Gasteiger partial charge is 0.508 e. The maximum atomic E-state index is 11.8. The van der Waals surface area contributed by atoms with Crippen molar-refractivity contribution in [3.05, 3.63) is 52.9 Å². The van der Waals surface area contributed by atoms with E-state index >= 15 is 0 Å². The fraction of sp³-hybridized carbons (Fsp3) is 0. The number of fused-ring (bicyclic) bond motifs is 1. The Hall–Kier alpha value is -2.69. The van der Waals surface area contributed by atoms with Gasteiger partial charge in [0.15, 0.2) is 5.52 Å². The van der Waals surface area contributed by atoms with Crippen LogP contribution in [-0.4, -0.2) is 15.1 Å². The van der Waals surface area contributed by atoms with Gasteiger partial charge in [-0.3, -0.25) is 4.79 Å². The summed E-state index contributed by atoms with van der Waals surface area (Å²) in [5.74, 6) is 0.551. The highest BCUT2D eigenvalue weighted by Crippen LogP contribution is 2.22. The minimum Gasteiger partial charge on any atom is -0.508 e. The van der Waals surface area contributed by atoms with Crippen LogP contribution < -0.4 is 5.43 Å². The van der Waals surface area contributed by atoms with E-state index in [-0.39, 0.29) is 22.4 Å². The lowest BCUT2D eigenvalue weighted by Crippen LogP contribution is -2.03. The summed E-state index contributed by atoms with van der Waals surface area (Å²) in [5.41, 5.74) is 0.859. The van der Waals surface area contributed by atoms with Crippen LogP contribution >= 0.6 is 0 Å². The summed E-state index contributed by atoms with van der Waals surface area (Å²) in [6, 6.07) is 7.74. The van der Waals surface area contributed by atoms with Gasteiger partial charge in [-0.15, -0.1) is 0 Å². The summed E-state index contributed by atoms with van der Waals surface area (Å²) in [4.78, 5) is 19.7. The van der Waals surface area contributed by atoms with Crippen LogP contribution in [0.5, 0.6) is 5.75 Å². The highest BCUT2D eigenvalue weighted by molar-refractivity contribution is 5.70. The van der Waals surface area contributed by atoms with E-state index in [1.165, 1.54) is 30.6 Å². The molecule has 0 aliphatic heterocycles. The average Bonchev–Trinajstić information content (AvgIpc) is 2.39. The highest BCUT2D eigenvalue weighted by atomic mass is 16.3. The molecule has 2 heterocycles. The van der Waals surface area contributed by atoms with Gasteiger partial charge in [0.25, 0.3) is 0 Å². The Morgan fingerprint density at radius 1 is 1.06 bits per heavy atom. The van der Waals surface area contributed by atoms with Crippen molar-refractivity contribution in [1.82, 2.24) is 9.97 Å². The van der Waals surface area contributed by atoms with Crippen molar-refractivity contribution in [2.24, 2.45) is 0 Å². The van der Waals surface area contributed by atoms with E-state index in [1.54, 1.807) is 12.1 Å². The van der Waals surface area contributed by atoms with Crippen molar-refractivity contribution in [3.63, 3.8) is 0 Å². The van der Waals surface area contributed by atoms with Gasteiger partial charge in [-0.1, -0.05) is 0 Å². The average molecular weight is 240 g/mol. The predicted molar refractivity (Wildman–Crippen MR) is 65.2 cm³/mol. The number of phenols is 1. The Morgan fingerprint density at radius 3 is 2.56 bits per heavy atom. The molecule has 0 amide bonds. The van der Waals surface area contributed by atoms with E-state index in [2.05, 4.69) is 9.97 Å². The number of benzene rings is 1. The van der Waals surface area contributed by atoms with Gasteiger partial charge in [-0.2, -0.15) is 0 Å². The number of hydrogen-bond donors (Lipinski definition) is 1. The minimum atomic E-state index is -0.243. The zero-order valence-electron chi connectivity index (χ0n) is 9.20. The van der Waals surface area contributed by atoms with Gasteiger partial charge in [-0.25, -0.2) is 9.97 Å². The van der Waals surface area contributed by atoms with Gasteiger partial charge in [0.2, 0.25) is 11.1 Å². The van der Waals surface area contributed by atoms with Gasteiger partial charge in [0.05, 0.1) is 0 Å². The van der Waals surface area contributed by atoms with Crippen molar-refractivity contribution < 1.29 is 9.52 Å². The van der Waals surface area contributed by atoms with Gasteiger partial charge in [0, 0.05) is 24.0 Å². The third-order valence-corrected chi connectivity index (χ3v) is 2.52. The summed E-state index contributed by atoms with van der Waals surface area (Å²) >= 11 is 0. The predicted octanol–water partition coefficient (Wildman–Crippen LogP) is 1.96. The van der Waals surface area contributed by atoms with Crippen LogP contribution in [0.15, 0.2) is 51.9 Å². The van der Waals surface area contributed by atoms with Crippen molar-refractivity contribution in [2.45, 2.75) is 0 Å². The molecule has 0 atom stereocenters. The second kappa shape index (κ2) is 3.96. The molecule has 0 aliphatic carbocycles. The molecule has 3 aromatic rings. The first kappa shape index (κ1) is 10.5. The molecule has 5 nitrogen and oxygen atoms in total. The molecule has 5 heteroatoms. The molecule has 1 aromatic carbocycles. The zero-order chi connectivity index (χ0) is 12.5. The molecule has 18 heavy (non-hydrogen) atoms. The fourth-order valence-electron chi connectivity index (χ4n) is 1.66. The first-order valence-electron chi connectivity index (χ1n) is 5.28. The van der Waals surface area contributed by atoms with E-state index in [1.807, 2.05) is 0 Å². The Kier molecular flexibility index (Phi) is 2.30. The number of hydrogen-bond acceptors (Lipinski definition) is 5. The standard InChI is InChI=1S/C13H8N2O3/c16-9-3-1-8(2-4-9)11-7-10(17)12-13(18-11)15-6-5-14-12/h1-7,16H. The second-order valence-electron chi connectivity index (χ2n) is 3.73. The van der Waals surface area contributed by atoms with Gasteiger partial charge in [-0.05, 0) is 24.3 Å². The summed E-state index contributed by atoms with van der Waals surface area (Å²) in [6.07, 6.45) is 2.91. The molecule has 0 bridgehead atoms. The van der Waals surface area contributed by atoms with E-state index in [0.717, 1.165) is 0 Å². The maximum absolute atomic E-state index is 11.8. The maximum Gasteiger partial charge on any atom is 0.249 e. The van der Waals surface area contributed by atoms with Crippen LogP contribution in [0.3, 0.4) is 0 Å². The number of phenolic OH excluding ortho intramolecular Hbond substituents is 1. The quantitative estimate of drug-likeness (QED) is 0.703. The monoisotopic (exact) mass is 240 g/mol. The second-order valence-corrected chi connectivity index (χ2v) is 3.73. The van der Waals surface area contributed by atoms with Crippen molar-refractivity contribution in [1.29, 1.82) is 0 Å². The lowest BCUT2D eigenvalue weighted by Gasteiger charge is -2.01. The molecule has 3 rings (SSSR count). The Bertz CT molecular complexity index is 763. The molecule has 0 spiro atoms. The van der Waals surface area contributed by atoms with Crippen molar-refractivity contribution >= 4 is 11.2 Å². The molecule has 0 radical (unpaired) electrons. The lowest BCUT2D eigenvalue weighted by molar-refractivity contribution is 0.475. The first-order chi connectivity index (χ1) is 8.74. The molecule has 0 aliphatic rings. The number of aromatic nitrogens is 2. The zero-order valence-corrected chi connectivity index (χ0v) is 9.20. The molecule has 2 aromatic heterocycles. The van der Waals surface area contributed by atoms with Crippen LogP contribution in [0.25, 0.3) is 22.6 Å². The molecular weight excluding hydrogens is 232 g/mol. The lowest BCUT2D eigenvalue weighted by atomic mass is 10.1. The third-order valence-electron chi connectivity index (χ3n) is 2.52. The molecule has 88 valence electrons. The van der Waals surface area contributed by atoms with Crippen LogP contribution in [0.1, 0.15) is 0 Å². The molecule has 0 fully saturated rings. The van der Waals surface area contributed by atoms with E-state index < -0.39 is 0 Å². The molecule has 0 unspecified atom stereocenters. The summed E-state index contributed by atoms with van der Waals surface area (Å²) < 4.78 is 5.51. The van der Waals surface area contributed by atoms with Crippen LogP contribution in [0.2, 0.25) is 0 Å². The Morgan fingerprint density at radius 2 is 1.78 bits per heavy atom. The SMILES string of the molecule is O=c1cc(-c2ccc(O)cc2)oc2nccnc12. The van der Waals surface area contributed by atoms with Crippen LogP contribution in [0, 0.1) is 0 Å². The molecule has 0 saturated heterocycles. The van der Waals surface area contributed by atoms with Crippen LogP contribution in [0.4, 0.5) is 0 Å². The third kappa shape index (κ3) is 1.71. The van der Waals surface area contributed by atoms with Gasteiger partial charge >= 0.3 is 0 Å². The smallest absolute Gasteiger partial charge is 0.249 e. The first-order valence-corrected chi connectivity index (χ1v) is 5.28.